The van der Waals surface area contributed by atoms with Gasteiger partial charge in [-0.25, -0.2) is 0 Å². The summed E-state index contributed by atoms with van der Waals surface area (Å²) in [6, 6.07) is 15.3. The Morgan fingerprint density at radius 1 is 0.926 bits per heavy atom. The average molecular weight is 386 g/mol. The van der Waals surface area contributed by atoms with Crippen molar-refractivity contribution in [3.63, 3.8) is 0 Å². The number of nitrogens with zero attached hydrogens (tertiary/aromatic N) is 2. The molecule has 0 radical (unpaired) electrons. The number of carbonyl (C=O) groups is 2. The highest BCUT2D eigenvalue weighted by Gasteiger charge is 2.22. The van der Waals surface area contributed by atoms with Crippen molar-refractivity contribution in [2.24, 2.45) is 0 Å². The van der Waals surface area contributed by atoms with Crippen LogP contribution in [0.1, 0.15) is 28.4 Å². The lowest BCUT2D eigenvalue weighted by atomic mass is 10.1. The summed E-state index contributed by atoms with van der Waals surface area (Å²) in [7, 11) is 0. The highest BCUT2D eigenvalue weighted by Crippen LogP contribution is 2.14. The molecule has 0 atom stereocenters. The van der Waals surface area contributed by atoms with E-state index in [2.05, 4.69) is 10.2 Å². The molecule has 3 rings (SSSR count). The van der Waals surface area contributed by atoms with E-state index in [1.54, 1.807) is 0 Å². The highest BCUT2D eigenvalue weighted by atomic mass is 35.5. The molecule has 1 N–H and O–H groups in total. The molecule has 5 nitrogen and oxygen atoms in total. The summed E-state index contributed by atoms with van der Waals surface area (Å²) in [4.78, 5) is 27.9. The number of halogens is 1. The minimum atomic E-state index is -0.0633. The topological polar surface area (TPSA) is 52.7 Å². The molecular formula is C21H24ClN3O2. The molecule has 1 heterocycles. The third-order valence-corrected chi connectivity index (χ3v) is 4.97. The molecule has 0 bridgehead atoms. The first kappa shape index (κ1) is 19.4. The molecule has 2 aromatic rings. The largest absolute Gasteiger partial charge is 0.352 e. The van der Waals surface area contributed by atoms with E-state index in [9.17, 15) is 9.59 Å². The first-order valence-electron chi connectivity index (χ1n) is 9.11. The second kappa shape index (κ2) is 9.02. The number of amides is 2. The average Bonchev–Trinajstić information content (AvgIpc) is 2.68. The fourth-order valence-corrected chi connectivity index (χ4v) is 3.26. The maximum atomic E-state index is 12.7. The fourth-order valence-electron chi connectivity index (χ4n) is 3.13. The molecule has 0 saturated carbocycles. The molecule has 1 aliphatic rings. The van der Waals surface area contributed by atoms with Gasteiger partial charge in [0.05, 0.1) is 0 Å². The van der Waals surface area contributed by atoms with Gasteiger partial charge in [-0.05, 0) is 35.4 Å². The van der Waals surface area contributed by atoms with E-state index >= 15 is 0 Å². The van der Waals surface area contributed by atoms with Crippen LogP contribution in [0.25, 0.3) is 0 Å². The Morgan fingerprint density at radius 2 is 1.52 bits per heavy atom. The van der Waals surface area contributed by atoms with E-state index in [0.29, 0.717) is 12.1 Å². The summed E-state index contributed by atoms with van der Waals surface area (Å²) < 4.78 is 0. The van der Waals surface area contributed by atoms with Gasteiger partial charge in [0.25, 0.3) is 5.91 Å². The van der Waals surface area contributed by atoms with Crippen LogP contribution in [-0.2, 0) is 17.9 Å². The summed E-state index contributed by atoms with van der Waals surface area (Å²) >= 11 is 5.93. The predicted molar refractivity (Wildman–Crippen MR) is 107 cm³/mol. The van der Waals surface area contributed by atoms with Crippen LogP contribution in [0.15, 0.2) is 48.5 Å². The molecule has 0 aromatic heterocycles. The van der Waals surface area contributed by atoms with Crippen LogP contribution in [0.3, 0.4) is 0 Å². The number of carbonyl (C=O) groups excluding carboxylic acids is 2. The molecule has 2 amide bonds. The van der Waals surface area contributed by atoms with E-state index in [4.69, 9.17) is 11.6 Å². The SMILES string of the molecule is CC(=O)NCc1ccc(C(=O)N2CCN(Cc3ccc(Cl)cc3)CC2)cc1. The number of rotatable bonds is 5. The smallest absolute Gasteiger partial charge is 0.253 e. The van der Waals surface area contributed by atoms with Crippen LogP contribution < -0.4 is 5.32 Å². The van der Waals surface area contributed by atoms with E-state index < -0.39 is 0 Å². The zero-order valence-electron chi connectivity index (χ0n) is 15.5. The minimum Gasteiger partial charge on any atom is -0.352 e. The highest BCUT2D eigenvalue weighted by molar-refractivity contribution is 6.30. The van der Waals surface area contributed by atoms with Gasteiger partial charge in [-0.3, -0.25) is 14.5 Å². The van der Waals surface area contributed by atoms with E-state index in [1.807, 2.05) is 53.4 Å². The van der Waals surface area contributed by atoms with Crippen LogP contribution in [-0.4, -0.2) is 47.8 Å². The summed E-state index contributed by atoms with van der Waals surface area (Å²) in [6.07, 6.45) is 0. The standard InChI is InChI=1S/C21H24ClN3O2/c1-16(26)23-14-17-2-6-19(7-3-17)21(27)25-12-10-24(11-13-25)15-18-4-8-20(22)9-5-18/h2-9H,10-15H2,1H3,(H,23,26). The van der Waals surface area contributed by atoms with Gasteiger partial charge in [-0.15, -0.1) is 0 Å². The molecule has 6 heteroatoms. The van der Waals surface area contributed by atoms with Crippen molar-refractivity contribution in [1.82, 2.24) is 15.1 Å². The van der Waals surface area contributed by atoms with Crippen molar-refractivity contribution in [3.8, 4) is 0 Å². The van der Waals surface area contributed by atoms with Crippen molar-refractivity contribution in [1.29, 1.82) is 0 Å². The van der Waals surface area contributed by atoms with Crippen molar-refractivity contribution in [3.05, 3.63) is 70.2 Å². The molecule has 0 aliphatic carbocycles. The fraction of sp³-hybridized carbons (Fsp3) is 0.333. The van der Waals surface area contributed by atoms with Gasteiger partial charge < -0.3 is 10.2 Å². The van der Waals surface area contributed by atoms with Crippen molar-refractivity contribution in [2.45, 2.75) is 20.0 Å². The lowest BCUT2D eigenvalue weighted by Gasteiger charge is -2.34. The van der Waals surface area contributed by atoms with Crippen molar-refractivity contribution < 1.29 is 9.59 Å². The second-order valence-corrected chi connectivity index (χ2v) is 7.24. The molecule has 0 unspecified atom stereocenters. The minimum absolute atomic E-state index is 0.0622. The Hall–Kier alpha value is -2.37. The van der Waals surface area contributed by atoms with Crippen molar-refractivity contribution >= 4 is 23.4 Å². The molecule has 1 aliphatic heterocycles. The normalized spacial score (nSPS) is 14.8. The molecule has 142 valence electrons. The van der Waals surface area contributed by atoms with E-state index in [0.717, 1.165) is 43.3 Å². The number of hydrogen-bond acceptors (Lipinski definition) is 3. The van der Waals surface area contributed by atoms with Gasteiger partial charge >= 0.3 is 0 Å². The number of benzene rings is 2. The Balaban J connectivity index is 1.50. The zero-order valence-corrected chi connectivity index (χ0v) is 16.2. The summed E-state index contributed by atoms with van der Waals surface area (Å²) in [5.74, 6) is -0.00107. The number of piperazine rings is 1. The van der Waals surface area contributed by atoms with Crippen LogP contribution in [0.4, 0.5) is 0 Å². The Bertz CT molecular complexity index is 782. The number of nitrogens with one attached hydrogen (secondary N) is 1. The first-order chi connectivity index (χ1) is 13.0. The third-order valence-electron chi connectivity index (χ3n) is 4.72. The van der Waals surface area contributed by atoms with Crippen LogP contribution in [0.2, 0.25) is 5.02 Å². The molecule has 1 fully saturated rings. The van der Waals surface area contributed by atoms with Crippen LogP contribution in [0, 0.1) is 0 Å². The Morgan fingerprint density at radius 3 is 2.11 bits per heavy atom. The van der Waals surface area contributed by atoms with Gasteiger partial charge in [-0.2, -0.15) is 0 Å². The summed E-state index contributed by atoms with van der Waals surface area (Å²) in [5.41, 5.74) is 2.90. The molecule has 1 saturated heterocycles. The van der Waals surface area contributed by atoms with E-state index in [-0.39, 0.29) is 11.8 Å². The van der Waals surface area contributed by atoms with Gasteiger partial charge in [-0.1, -0.05) is 35.9 Å². The number of hydrogen-bond donors (Lipinski definition) is 1. The Kier molecular flexibility index (Phi) is 6.48. The first-order valence-corrected chi connectivity index (χ1v) is 9.48. The summed E-state index contributed by atoms with van der Waals surface area (Å²) in [5, 5.41) is 3.50. The van der Waals surface area contributed by atoms with Crippen LogP contribution in [0.5, 0.6) is 0 Å². The Labute approximate surface area is 164 Å². The third kappa shape index (κ3) is 5.55. The van der Waals surface area contributed by atoms with Gasteiger partial charge in [0, 0.05) is 56.8 Å². The van der Waals surface area contributed by atoms with Gasteiger partial charge in [0.15, 0.2) is 0 Å². The van der Waals surface area contributed by atoms with Gasteiger partial charge in [0.2, 0.25) is 5.91 Å². The summed E-state index contributed by atoms with van der Waals surface area (Å²) in [6.45, 7) is 6.00. The quantitative estimate of drug-likeness (QED) is 0.861. The predicted octanol–water partition coefficient (Wildman–Crippen LogP) is 2.93. The van der Waals surface area contributed by atoms with Crippen LogP contribution >= 0.6 is 11.6 Å². The lowest BCUT2D eigenvalue weighted by molar-refractivity contribution is -0.119. The zero-order chi connectivity index (χ0) is 19.2. The lowest BCUT2D eigenvalue weighted by Crippen LogP contribution is -2.48. The molecule has 0 spiro atoms. The maximum Gasteiger partial charge on any atom is 0.253 e. The molecule has 2 aromatic carbocycles. The van der Waals surface area contributed by atoms with E-state index in [1.165, 1.54) is 12.5 Å². The van der Waals surface area contributed by atoms with Gasteiger partial charge in [0.1, 0.15) is 0 Å². The van der Waals surface area contributed by atoms with Crippen molar-refractivity contribution in [2.75, 3.05) is 26.2 Å². The monoisotopic (exact) mass is 385 g/mol. The molecular weight excluding hydrogens is 362 g/mol. The molecule has 27 heavy (non-hydrogen) atoms. The second-order valence-electron chi connectivity index (χ2n) is 6.80. The maximum absolute atomic E-state index is 12.7.